The number of carbonyl (C=O) groups excluding carboxylic acids is 2. The first-order valence-electron chi connectivity index (χ1n) is 7.77. The van der Waals surface area contributed by atoms with Gasteiger partial charge in [-0.05, 0) is 43.5 Å². The van der Waals surface area contributed by atoms with Gasteiger partial charge in [0, 0.05) is 29.8 Å². The van der Waals surface area contributed by atoms with Crippen LogP contribution < -0.4 is 5.32 Å². The maximum atomic E-state index is 12.4. The van der Waals surface area contributed by atoms with E-state index < -0.39 is 15.8 Å². The molecule has 7 heteroatoms. The average Bonchev–Trinajstić information content (AvgIpc) is 2.96. The Morgan fingerprint density at radius 2 is 2.00 bits per heavy atom. The molecular formula is C16H23N3O3S. The van der Waals surface area contributed by atoms with Crippen LogP contribution in [-0.4, -0.2) is 39.8 Å². The van der Waals surface area contributed by atoms with E-state index >= 15 is 0 Å². The highest BCUT2D eigenvalue weighted by Gasteiger charge is 2.33. The zero-order valence-electron chi connectivity index (χ0n) is 13.5. The van der Waals surface area contributed by atoms with E-state index in [2.05, 4.69) is 5.32 Å². The zero-order valence-corrected chi connectivity index (χ0v) is 14.3. The van der Waals surface area contributed by atoms with Crippen LogP contribution in [0.5, 0.6) is 0 Å². The van der Waals surface area contributed by atoms with Gasteiger partial charge in [-0.2, -0.15) is 0 Å². The monoisotopic (exact) mass is 337 g/mol. The molecule has 0 spiro atoms. The van der Waals surface area contributed by atoms with Gasteiger partial charge in [-0.1, -0.05) is 6.92 Å². The van der Waals surface area contributed by atoms with Crippen molar-refractivity contribution in [1.82, 2.24) is 4.90 Å². The zero-order chi connectivity index (χ0) is 17.0. The van der Waals surface area contributed by atoms with E-state index in [0.717, 1.165) is 12.8 Å². The second-order valence-corrected chi connectivity index (χ2v) is 8.01. The van der Waals surface area contributed by atoms with E-state index in [0.29, 0.717) is 30.0 Å². The lowest BCUT2D eigenvalue weighted by Crippen LogP contribution is -2.43. The Labute approximate surface area is 137 Å². The lowest BCUT2D eigenvalue weighted by Gasteiger charge is -2.24. The number of anilines is 1. The van der Waals surface area contributed by atoms with E-state index in [9.17, 15) is 13.8 Å². The van der Waals surface area contributed by atoms with E-state index in [-0.39, 0.29) is 11.8 Å². The van der Waals surface area contributed by atoms with E-state index in [1.807, 2.05) is 6.92 Å². The molecule has 1 aliphatic heterocycles. The number of nitrogens with zero attached hydrogens (tertiary/aromatic N) is 1. The van der Waals surface area contributed by atoms with Crippen LogP contribution in [0.15, 0.2) is 29.2 Å². The standard InChI is InChI=1S/C16H23N3O3S/c1-3-5-15(20)19-11-4-6-14(19)16(21)18-12-7-9-13(10-8-12)23(2,17)22/h7-10,14,17H,3-6,11H2,1-2H3,(H,18,21). The summed E-state index contributed by atoms with van der Waals surface area (Å²) in [6.45, 7) is 2.58. The summed E-state index contributed by atoms with van der Waals surface area (Å²) in [5, 5.41) is 2.80. The molecule has 1 saturated heterocycles. The molecule has 0 aromatic heterocycles. The summed E-state index contributed by atoms with van der Waals surface area (Å²) in [5.74, 6) is -0.164. The van der Waals surface area contributed by atoms with E-state index in [1.54, 1.807) is 29.2 Å². The fourth-order valence-corrected chi connectivity index (χ4v) is 3.37. The number of carbonyl (C=O) groups is 2. The Bertz CT molecular complexity index is 683. The molecule has 1 heterocycles. The Hall–Kier alpha value is -1.89. The number of benzene rings is 1. The molecule has 0 radical (unpaired) electrons. The molecule has 0 aliphatic carbocycles. The van der Waals surface area contributed by atoms with Crippen LogP contribution in [0.4, 0.5) is 5.69 Å². The highest BCUT2D eigenvalue weighted by Crippen LogP contribution is 2.21. The minimum atomic E-state index is -2.76. The minimum Gasteiger partial charge on any atom is -0.331 e. The lowest BCUT2D eigenvalue weighted by atomic mass is 10.2. The molecule has 0 bridgehead atoms. The van der Waals surface area contributed by atoms with Gasteiger partial charge in [0.1, 0.15) is 6.04 Å². The third-order valence-corrected chi connectivity index (χ3v) is 5.08. The van der Waals surface area contributed by atoms with Gasteiger partial charge in [-0.15, -0.1) is 0 Å². The average molecular weight is 337 g/mol. The summed E-state index contributed by atoms with van der Waals surface area (Å²) < 4.78 is 19.2. The van der Waals surface area contributed by atoms with Crippen molar-refractivity contribution >= 4 is 27.2 Å². The van der Waals surface area contributed by atoms with Gasteiger partial charge in [-0.25, -0.2) is 8.99 Å². The van der Waals surface area contributed by atoms with Crippen LogP contribution in [0.3, 0.4) is 0 Å². The van der Waals surface area contributed by atoms with Crippen molar-refractivity contribution in [3.63, 3.8) is 0 Å². The Morgan fingerprint density at radius 1 is 1.35 bits per heavy atom. The second kappa shape index (κ2) is 7.12. The van der Waals surface area contributed by atoms with E-state index in [1.165, 1.54) is 6.26 Å². The molecular weight excluding hydrogens is 314 g/mol. The highest BCUT2D eigenvalue weighted by atomic mass is 32.2. The fourth-order valence-electron chi connectivity index (χ4n) is 2.72. The Balaban J connectivity index is 2.05. The van der Waals surface area contributed by atoms with Gasteiger partial charge >= 0.3 is 0 Å². The maximum absolute atomic E-state index is 12.4. The second-order valence-electron chi connectivity index (χ2n) is 5.85. The molecule has 2 rings (SSSR count). The summed E-state index contributed by atoms with van der Waals surface area (Å²) in [7, 11) is -2.76. The summed E-state index contributed by atoms with van der Waals surface area (Å²) in [6.07, 6.45) is 4.11. The molecule has 2 unspecified atom stereocenters. The topological polar surface area (TPSA) is 90.3 Å². The first-order valence-corrected chi connectivity index (χ1v) is 9.73. The Morgan fingerprint density at radius 3 is 2.57 bits per heavy atom. The summed E-state index contributed by atoms with van der Waals surface area (Å²) in [6, 6.07) is 6.02. The molecule has 1 aliphatic rings. The van der Waals surface area contributed by atoms with Crippen LogP contribution in [0.25, 0.3) is 0 Å². The number of rotatable bonds is 5. The molecule has 126 valence electrons. The van der Waals surface area contributed by atoms with Crippen molar-refractivity contribution in [1.29, 1.82) is 4.78 Å². The predicted octanol–water partition coefficient (Wildman–Crippen LogP) is 2.45. The van der Waals surface area contributed by atoms with Gasteiger partial charge in [-0.3, -0.25) is 9.59 Å². The molecule has 6 nitrogen and oxygen atoms in total. The molecule has 2 amide bonds. The normalized spacial score (nSPS) is 20.1. The maximum Gasteiger partial charge on any atom is 0.247 e. The third kappa shape index (κ3) is 4.31. The summed E-state index contributed by atoms with van der Waals surface area (Å²) in [4.78, 5) is 26.6. The van der Waals surface area contributed by atoms with Gasteiger partial charge in [0.15, 0.2) is 0 Å². The number of likely N-dealkylation sites (tertiary alicyclic amines) is 1. The molecule has 0 saturated carbocycles. The van der Waals surface area contributed by atoms with Crippen molar-refractivity contribution in [2.75, 3.05) is 18.1 Å². The SMILES string of the molecule is CCCC(=O)N1CCCC1C(=O)Nc1ccc(S(C)(=N)=O)cc1. The quantitative estimate of drug-likeness (QED) is 0.864. The summed E-state index contributed by atoms with van der Waals surface area (Å²) in [5.41, 5.74) is 0.581. The van der Waals surface area contributed by atoms with Crippen molar-refractivity contribution < 1.29 is 13.8 Å². The van der Waals surface area contributed by atoms with Gasteiger partial charge in [0.05, 0.1) is 9.73 Å². The first kappa shape index (κ1) is 17.5. The predicted molar refractivity (Wildman–Crippen MR) is 89.8 cm³/mol. The highest BCUT2D eigenvalue weighted by molar-refractivity contribution is 7.91. The van der Waals surface area contributed by atoms with Gasteiger partial charge in [0.2, 0.25) is 11.8 Å². The van der Waals surface area contributed by atoms with Gasteiger partial charge < -0.3 is 10.2 Å². The van der Waals surface area contributed by atoms with Crippen molar-refractivity contribution in [3.05, 3.63) is 24.3 Å². The lowest BCUT2D eigenvalue weighted by molar-refractivity contribution is -0.136. The first-order chi connectivity index (χ1) is 10.8. The molecule has 1 aromatic rings. The number of nitrogens with one attached hydrogen (secondary N) is 2. The molecule has 1 aromatic carbocycles. The fraction of sp³-hybridized carbons (Fsp3) is 0.500. The number of hydrogen-bond acceptors (Lipinski definition) is 4. The van der Waals surface area contributed by atoms with Crippen molar-refractivity contribution in [2.45, 2.75) is 43.5 Å². The largest absolute Gasteiger partial charge is 0.331 e. The van der Waals surface area contributed by atoms with Crippen molar-refractivity contribution in [3.8, 4) is 0 Å². The molecule has 2 atom stereocenters. The number of amides is 2. The van der Waals surface area contributed by atoms with Crippen LogP contribution in [-0.2, 0) is 19.3 Å². The van der Waals surface area contributed by atoms with Gasteiger partial charge in [0.25, 0.3) is 0 Å². The summed E-state index contributed by atoms with van der Waals surface area (Å²) >= 11 is 0. The number of hydrogen-bond donors (Lipinski definition) is 2. The molecule has 23 heavy (non-hydrogen) atoms. The van der Waals surface area contributed by atoms with Crippen LogP contribution in [0.1, 0.15) is 32.6 Å². The van der Waals surface area contributed by atoms with E-state index in [4.69, 9.17) is 4.78 Å². The van der Waals surface area contributed by atoms with Crippen LogP contribution in [0, 0.1) is 4.78 Å². The van der Waals surface area contributed by atoms with Crippen molar-refractivity contribution in [2.24, 2.45) is 0 Å². The Kier molecular flexibility index (Phi) is 5.41. The molecule has 1 fully saturated rings. The smallest absolute Gasteiger partial charge is 0.247 e. The molecule has 2 N–H and O–H groups in total. The van der Waals surface area contributed by atoms with Crippen LogP contribution in [0.2, 0.25) is 0 Å². The third-order valence-electron chi connectivity index (χ3n) is 3.91. The minimum absolute atomic E-state index is 0.0282. The van der Waals surface area contributed by atoms with Crippen LogP contribution >= 0.6 is 0 Å².